The lowest BCUT2D eigenvalue weighted by molar-refractivity contribution is -0.134. The van der Waals surface area contributed by atoms with Crippen LogP contribution in [0.2, 0.25) is 0 Å². The third-order valence-corrected chi connectivity index (χ3v) is 5.01. The average molecular weight is 236 g/mol. The largest absolute Gasteiger partial charge is 0.335 e. The lowest BCUT2D eigenvalue weighted by atomic mass is 10.0. The molecule has 3 aliphatic rings. The van der Waals surface area contributed by atoms with E-state index in [0.29, 0.717) is 23.9 Å². The van der Waals surface area contributed by atoms with Crippen LogP contribution in [0, 0.1) is 11.8 Å². The Labute approximate surface area is 104 Å². The smallest absolute Gasteiger partial charge is 0.223 e. The molecule has 96 valence electrons. The van der Waals surface area contributed by atoms with Crippen LogP contribution in [0.4, 0.5) is 0 Å². The highest BCUT2D eigenvalue weighted by atomic mass is 16.2. The summed E-state index contributed by atoms with van der Waals surface area (Å²) in [5, 5.41) is 3.43. The first-order chi connectivity index (χ1) is 8.25. The lowest BCUT2D eigenvalue weighted by Gasteiger charge is -2.28. The molecule has 0 bridgehead atoms. The van der Waals surface area contributed by atoms with Crippen LogP contribution < -0.4 is 5.32 Å². The molecule has 2 heterocycles. The summed E-state index contributed by atoms with van der Waals surface area (Å²) in [5.74, 6) is 1.83. The van der Waals surface area contributed by atoms with E-state index in [0.717, 1.165) is 25.4 Å². The van der Waals surface area contributed by atoms with Crippen molar-refractivity contribution in [3.63, 3.8) is 0 Å². The zero-order valence-corrected chi connectivity index (χ0v) is 10.8. The normalized spacial score (nSPS) is 37.7. The number of amides is 1. The molecule has 1 saturated carbocycles. The third-order valence-electron chi connectivity index (χ3n) is 5.01. The van der Waals surface area contributed by atoms with Gasteiger partial charge in [-0.05, 0) is 38.0 Å². The topological polar surface area (TPSA) is 32.3 Å². The second kappa shape index (κ2) is 4.60. The number of hydrogen-bond acceptors (Lipinski definition) is 2. The molecule has 3 atom stereocenters. The van der Waals surface area contributed by atoms with Crippen molar-refractivity contribution in [3.8, 4) is 0 Å². The van der Waals surface area contributed by atoms with Gasteiger partial charge < -0.3 is 10.2 Å². The first-order valence-electron chi connectivity index (χ1n) is 7.27. The number of likely N-dealkylation sites (tertiary alicyclic amines) is 1. The van der Waals surface area contributed by atoms with Gasteiger partial charge in [0, 0.05) is 31.6 Å². The number of carbonyl (C=O) groups is 1. The Morgan fingerprint density at radius 1 is 1.29 bits per heavy atom. The van der Waals surface area contributed by atoms with E-state index in [9.17, 15) is 4.79 Å². The fraction of sp³-hybridized carbons (Fsp3) is 0.929. The Balaban J connectivity index is 1.63. The van der Waals surface area contributed by atoms with E-state index in [1.54, 1.807) is 0 Å². The molecule has 1 N–H and O–H groups in total. The monoisotopic (exact) mass is 236 g/mol. The van der Waals surface area contributed by atoms with Crippen LogP contribution in [-0.2, 0) is 4.79 Å². The Kier molecular flexibility index (Phi) is 3.12. The van der Waals surface area contributed by atoms with Crippen molar-refractivity contribution < 1.29 is 4.79 Å². The summed E-state index contributed by atoms with van der Waals surface area (Å²) in [6, 6.07) is 0.972. The molecule has 3 rings (SSSR count). The number of nitrogens with zero attached hydrogens (tertiary/aromatic N) is 1. The van der Waals surface area contributed by atoms with Gasteiger partial charge in [0.2, 0.25) is 5.91 Å². The molecule has 3 fully saturated rings. The highest BCUT2D eigenvalue weighted by molar-refractivity contribution is 5.77. The first kappa shape index (κ1) is 11.5. The van der Waals surface area contributed by atoms with Gasteiger partial charge in [-0.15, -0.1) is 0 Å². The summed E-state index contributed by atoms with van der Waals surface area (Å²) < 4.78 is 0. The van der Waals surface area contributed by atoms with E-state index in [1.165, 1.54) is 32.1 Å². The van der Waals surface area contributed by atoms with Gasteiger partial charge in [-0.1, -0.05) is 12.8 Å². The number of rotatable bonds is 2. The lowest BCUT2D eigenvalue weighted by Crippen LogP contribution is -2.43. The second-order valence-electron chi connectivity index (χ2n) is 6.23. The highest BCUT2D eigenvalue weighted by Gasteiger charge is 2.44. The van der Waals surface area contributed by atoms with Crippen molar-refractivity contribution in [2.45, 2.75) is 57.5 Å². The summed E-state index contributed by atoms with van der Waals surface area (Å²) in [7, 11) is 0. The van der Waals surface area contributed by atoms with Crippen molar-refractivity contribution >= 4 is 5.91 Å². The molecule has 3 nitrogen and oxygen atoms in total. The molecule has 3 heteroatoms. The summed E-state index contributed by atoms with van der Waals surface area (Å²) >= 11 is 0. The van der Waals surface area contributed by atoms with Gasteiger partial charge in [-0.2, -0.15) is 0 Å². The molecule has 0 aromatic heterocycles. The van der Waals surface area contributed by atoms with Crippen LogP contribution >= 0.6 is 0 Å². The number of carbonyl (C=O) groups excluding carboxylic acids is 1. The fourth-order valence-electron chi connectivity index (χ4n) is 4.16. The zero-order chi connectivity index (χ0) is 11.8. The average Bonchev–Trinajstić information content (AvgIpc) is 2.93. The van der Waals surface area contributed by atoms with Crippen LogP contribution in [0.25, 0.3) is 0 Å². The zero-order valence-electron chi connectivity index (χ0n) is 10.8. The minimum Gasteiger partial charge on any atom is -0.335 e. The summed E-state index contributed by atoms with van der Waals surface area (Å²) in [4.78, 5) is 14.7. The molecule has 2 saturated heterocycles. The maximum atomic E-state index is 12.5. The van der Waals surface area contributed by atoms with Gasteiger partial charge in [0.05, 0.1) is 0 Å². The number of fused-ring (bicyclic) bond motifs is 1. The Hall–Kier alpha value is -0.570. The van der Waals surface area contributed by atoms with E-state index >= 15 is 0 Å². The molecule has 1 amide bonds. The van der Waals surface area contributed by atoms with Crippen LogP contribution in [0.3, 0.4) is 0 Å². The molecule has 0 aromatic carbocycles. The van der Waals surface area contributed by atoms with Crippen LogP contribution in [0.15, 0.2) is 0 Å². The van der Waals surface area contributed by atoms with Crippen molar-refractivity contribution in [1.82, 2.24) is 10.2 Å². The van der Waals surface area contributed by atoms with Crippen molar-refractivity contribution in [1.29, 1.82) is 0 Å². The molecule has 3 unspecified atom stereocenters. The molecular weight excluding hydrogens is 212 g/mol. The predicted octanol–water partition coefficient (Wildman–Crippen LogP) is 1.78. The van der Waals surface area contributed by atoms with Gasteiger partial charge >= 0.3 is 0 Å². The molecule has 1 aliphatic carbocycles. The maximum Gasteiger partial charge on any atom is 0.223 e. The SMILES string of the molecule is CC1CC2CNCC2N1C(=O)CC1CCCC1. The minimum absolute atomic E-state index is 0.431. The van der Waals surface area contributed by atoms with Crippen molar-refractivity contribution in [2.24, 2.45) is 11.8 Å². The van der Waals surface area contributed by atoms with Crippen LogP contribution in [0.5, 0.6) is 0 Å². The Morgan fingerprint density at radius 2 is 2.06 bits per heavy atom. The third kappa shape index (κ3) is 2.10. The highest BCUT2D eigenvalue weighted by Crippen LogP contribution is 2.35. The maximum absolute atomic E-state index is 12.5. The van der Waals surface area contributed by atoms with E-state index in [4.69, 9.17) is 0 Å². The van der Waals surface area contributed by atoms with Crippen LogP contribution in [-0.4, -0.2) is 36.0 Å². The standard InChI is InChI=1S/C14H24N2O/c1-10-6-12-8-15-9-13(12)16(10)14(17)7-11-4-2-3-5-11/h10-13,15H,2-9H2,1H3. The van der Waals surface area contributed by atoms with E-state index in [-0.39, 0.29) is 0 Å². The second-order valence-corrected chi connectivity index (χ2v) is 6.23. The minimum atomic E-state index is 0.431. The number of nitrogens with one attached hydrogen (secondary N) is 1. The van der Waals surface area contributed by atoms with Crippen LogP contribution in [0.1, 0.15) is 45.4 Å². The molecular formula is C14H24N2O. The van der Waals surface area contributed by atoms with Gasteiger partial charge in [-0.3, -0.25) is 4.79 Å². The summed E-state index contributed by atoms with van der Waals surface area (Å²) in [5.41, 5.74) is 0. The van der Waals surface area contributed by atoms with Gasteiger partial charge in [0.15, 0.2) is 0 Å². The first-order valence-corrected chi connectivity index (χ1v) is 7.27. The molecule has 0 radical (unpaired) electrons. The molecule has 0 spiro atoms. The predicted molar refractivity (Wildman–Crippen MR) is 67.6 cm³/mol. The fourth-order valence-corrected chi connectivity index (χ4v) is 4.16. The quantitative estimate of drug-likeness (QED) is 0.792. The molecule has 17 heavy (non-hydrogen) atoms. The van der Waals surface area contributed by atoms with Gasteiger partial charge in [0.25, 0.3) is 0 Å². The van der Waals surface area contributed by atoms with E-state index < -0.39 is 0 Å². The summed E-state index contributed by atoms with van der Waals surface area (Å²) in [6.45, 7) is 4.36. The van der Waals surface area contributed by atoms with Crippen molar-refractivity contribution in [3.05, 3.63) is 0 Å². The van der Waals surface area contributed by atoms with E-state index in [2.05, 4.69) is 17.1 Å². The van der Waals surface area contributed by atoms with Gasteiger partial charge in [0.1, 0.15) is 0 Å². The number of hydrogen-bond donors (Lipinski definition) is 1. The molecule has 2 aliphatic heterocycles. The Bertz CT molecular complexity index is 299. The van der Waals surface area contributed by atoms with E-state index in [1.807, 2.05) is 0 Å². The van der Waals surface area contributed by atoms with Crippen molar-refractivity contribution in [2.75, 3.05) is 13.1 Å². The summed E-state index contributed by atoms with van der Waals surface area (Å²) in [6.07, 6.45) is 7.24. The Morgan fingerprint density at radius 3 is 2.82 bits per heavy atom. The van der Waals surface area contributed by atoms with Gasteiger partial charge in [-0.25, -0.2) is 0 Å². The molecule has 0 aromatic rings.